The number of ether oxygens (including phenoxy) is 6. The number of hydrazine groups is 1. The second-order valence-electron chi connectivity index (χ2n) is 22.1. The lowest BCUT2D eigenvalue weighted by atomic mass is 9.83. The van der Waals surface area contributed by atoms with Crippen molar-refractivity contribution in [2.45, 2.75) is 122 Å². The van der Waals surface area contributed by atoms with E-state index in [1.54, 1.807) is 31.3 Å². The maximum absolute atomic E-state index is 14.4. The molecule has 3 aliphatic rings. The Balaban J connectivity index is 1.02. The van der Waals surface area contributed by atoms with Crippen LogP contribution in [0.4, 0.5) is 10.5 Å². The van der Waals surface area contributed by atoms with Gasteiger partial charge in [0, 0.05) is 77.2 Å². The van der Waals surface area contributed by atoms with Crippen LogP contribution in [0.2, 0.25) is 5.02 Å². The number of alkyl carbamates (subject to hydrolysis) is 1. The molecule has 1 saturated carbocycles. The van der Waals surface area contributed by atoms with Crippen LogP contribution < -0.4 is 31.0 Å². The van der Waals surface area contributed by atoms with E-state index in [4.69, 9.17) is 40.0 Å². The molecule has 1 aromatic heterocycles. The van der Waals surface area contributed by atoms with Crippen LogP contribution >= 0.6 is 11.6 Å². The molecule has 24 nitrogen and oxygen atoms in total. The number of aliphatic carboxylic acids is 1. The minimum absolute atomic E-state index is 0.0210. The molecule has 0 radical (unpaired) electrons. The molecule has 2 aliphatic heterocycles. The number of nitrogens with zero attached hydrogens (tertiary/aromatic N) is 4. The SMILES string of the molecule is CNN(C)Cc1cc2ccccc2n1CCC(=O)N[C@@H](CCC(=O)O)C(=O)NCCOCCOCCS(=O)(=O)N(C)[C@@H](C)C(=O)O[C@H]1CC(=O)N(C)c2cc(cc(OC)c2Cl)C/C(C)=C/C=C/[C@@H](OC)[C@@]2(O)C[C@H](OC(=O)N2)[C@@H](C)[C@@H]2C[C@]12C. The number of methoxy groups -OCH3 is 2. The van der Waals surface area contributed by atoms with Crippen LogP contribution in [0.5, 0.6) is 5.75 Å². The number of esters is 1. The molecule has 3 aromatic rings. The number of halogens is 1. The fourth-order valence-corrected chi connectivity index (χ4v) is 12.3. The number of aryl methyl sites for hydroxylation is 1. The Hall–Kier alpha value is -6.16. The topological polar surface area (TPSA) is 295 Å². The predicted octanol–water partition coefficient (Wildman–Crippen LogP) is 4.30. The third-order valence-electron chi connectivity index (χ3n) is 16.2. The normalized spacial score (nSPS) is 24.7. The first-order valence-corrected chi connectivity index (χ1v) is 30.0. The zero-order valence-electron chi connectivity index (χ0n) is 49.6. The number of rotatable bonds is 26. The first kappa shape index (κ1) is 67.0. The molecule has 6 N–H and O–H groups in total. The van der Waals surface area contributed by atoms with E-state index in [1.807, 2.05) is 74.8 Å². The third kappa shape index (κ3) is 17.3. The number of para-hydroxylation sites is 1. The van der Waals surface area contributed by atoms with Crippen molar-refractivity contribution in [2.24, 2.45) is 17.3 Å². The highest BCUT2D eigenvalue weighted by atomic mass is 35.5. The number of likely N-dealkylation sites (N-methyl/N-ethyl adjacent to an activating group) is 1. The van der Waals surface area contributed by atoms with Gasteiger partial charge >= 0.3 is 18.0 Å². The lowest BCUT2D eigenvalue weighted by molar-refractivity contribution is -0.159. The number of hydrogen-bond acceptors (Lipinski definition) is 17. The van der Waals surface area contributed by atoms with Gasteiger partial charge in [0.15, 0.2) is 5.72 Å². The number of carboxylic acids is 1. The Kier molecular flexibility index (Phi) is 23.7. The van der Waals surface area contributed by atoms with Crippen molar-refractivity contribution in [2.75, 3.05) is 86.0 Å². The molecular weight excluding hydrogens is 1130 g/mol. The van der Waals surface area contributed by atoms with Crippen molar-refractivity contribution < 1.29 is 75.8 Å². The van der Waals surface area contributed by atoms with Crippen molar-refractivity contribution in [3.05, 3.63) is 82.5 Å². The van der Waals surface area contributed by atoms with E-state index in [1.165, 1.54) is 33.1 Å². The van der Waals surface area contributed by atoms with Gasteiger partial charge in [-0.05, 0) is 87.2 Å². The van der Waals surface area contributed by atoms with E-state index < -0.39 is 99.0 Å². The molecule has 2 fully saturated rings. The largest absolute Gasteiger partial charge is 0.495 e. The van der Waals surface area contributed by atoms with Gasteiger partial charge in [-0.2, -0.15) is 4.31 Å². The summed E-state index contributed by atoms with van der Waals surface area (Å²) in [4.78, 5) is 80.9. The van der Waals surface area contributed by atoms with E-state index in [0.717, 1.165) is 32.0 Å². The molecule has 3 heterocycles. The Labute approximate surface area is 496 Å². The standard InChI is InChI=1S/C58H83ClN8O16S/c1-36-14-13-17-48(79-10)58(75)34-47(82-56(74)63-58)37(2)42-33-57(42,4)49(32-51(69)65(7)45-29-39(28-36)30-46(78-9)53(45)59)83-55(73)38(3)66(8)84(76,77)27-26-81-25-24-80-23-21-61-54(72)43(18-19-52(70)71)62-50(68)20-22-67-41(35-64(6)60-5)31-40-15-11-12-16-44(40)67/h11-17,29-31,37-38,42-43,47-49,60,75H,18-28,32-35H2,1-10H3,(H,61,72)(H,62,68)(H,63,74)(H,70,71)/b17-13+,36-14+/t37-,38-,42-,43-,47-,48+,49-,57-,58-/m0/s1. The minimum atomic E-state index is -4.14. The number of hydrogen-bond donors (Lipinski definition) is 6. The number of amides is 4. The van der Waals surface area contributed by atoms with Gasteiger partial charge in [-0.15, -0.1) is 0 Å². The van der Waals surface area contributed by atoms with E-state index in [0.29, 0.717) is 37.4 Å². The van der Waals surface area contributed by atoms with Gasteiger partial charge in [-0.25, -0.2) is 18.2 Å². The number of carbonyl (C=O) groups is 6. The van der Waals surface area contributed by atoms with Crippen LogP contribution in [0.25, 0.3) is 10.9 Å². The highest BCUT2D eigenvalue weighted by Gasteiger charge is 2.62. The molecule has 1 saturated heterocycles. The first-order valence-electron chi connectivity index (χ1n) is 28.0. The molecular formula is C58H83ClN8O16S. The van der Waals surface area contributed by atoms with Crippen molar-refractivity contribution in [1.29, 1.82) is 0 Å². The van der Waals surface area contributed by atoms with Gasteiger partial charge in [0.25, 0.3) is 0 Å². The molecule has 6 rings (SSSR count). The Morgan fingerprint density at radius 1 is 1.02 bits per heavy atom. The van der Waals surface area contributed by atoms with Crippen LogP contribution in [0.3, 0.4) is 0 Å². The predicted molar refractivity (Wildman–Crippen MR) is 313 cm³/mol. The lowest BCUT2D eigenvalue weighted by Gasteiger charge is -2.42. The number of benzene rings is 2. The fourth-order valence-electron chi connectivity index (χ4n) is 10.8. The number of carboxylic acid groups (broad SMARTS) is 1. The first-order chi connectivity index (χ1) is 39.7. The van der Waals surface area contributed by atoms with Crippen LogP contribution in [0.15, 0.2) is 66.3 Å². The number of nitrogens with one attached hydrogen (secondary N) is 4. The average molecular weight is 1220 g/mol. The summed E-state index contributed by atoms with van der Waals surface area (Å²) in [6.07, 6.45) is 1.45. The molecule has 0 unspecified atom stereocenters. The number of allylic oxidation sites excluding steroid dienone is 3. The molecule has 1 aliphatic carbocycles. The van der Waals surface area contributed by atoms with E-state index >= 15 is 0 Å². The zero-order chi connectivity index (χ0) is 61.7. The molecule has 4 amide bonds. The van der Waals surface area contributed by atoms with Gasteiger partial charge in [0.2, 0.25) is 27.7 Å². The molecule has 4 bridgehead atoms. The smallest absolute Gasteiger partial charge is 0.409 e. The summed E-state index contributed by atoms with van der Waals surface area (Å²) >= 11 is 6.83. The Morgan fingerprint density at radius 3 is 2.43 bits per heavy atom. The van der Waals surface area contributed by atoms with Gasteiger partial charge in [0.05, 0.1) is 57.9 Å². The van der Waals surface area contributed by atoms with Crippen molar-refractivity contribution in [3.63, 3.8) is 0 Å². The fraction of sp³-hybridized carbons (Fsp3) is 0.586. The van der Waals surface area contributed by atoms with Crippen molar-refractivity contribution >= 4 is 74.0 Å². The van der Waals surface area contributed by atoms with Crippen LogP contribution in [-0.2, 0) is 77.2 Å². The van der Waals surface area contributed by atoms with Crippen LogP contribution in [0, 0.1) is 17.3 Å². The summed E-state index contributed by atoms with van der Waals surface area (Å²) < 4.78 is 64.6. The van der Waals surface area contributed by atoms with E-state index in [2.05, 4.69) is 27.4 Å². The molecule has 0 spiro atoms. The van der Waals surface area contributed by atoms with Crippen LogP contribution in [-0.4, -0.2) is 186 Å². The van der Waals surface area contributed by atoms with Crippen LogP contribution in [0.1, 0.15) is 77.5 Å². The number of sulfonamides is 1. The third-order valence-corrected chi connectivity index (χ3v) is 18.4. The second kappa shape index (κ2) is 29.8. The maximum atomic E-state index is 14.4. The van der Waals surface area contributed by atoms with Gasteiger partial charge < -0.3 is 58.7 Å². The monoisotopic (exact) mass is 1210 g/mol. The highest BCUT2D eigenvalue weighted by Crippen LogP contribution is 2.61. The summed E-state index contributed by atoms with van der Waals surface area (Å²) in [6.45, 7) is 7.65. The van der Waals surface area contributed by atoms with Gasteiger partial charge in [0.1, 0.15) is 41.2 Å². The maximum Gasteiger partial charge on any atom is 0.409 e. The summed E-state index contributed by atoms with van der Waals surface area (Å²) in [5.41, 5.74) is 4.25. The van der Waals surface area contributed by atoms with Crippen molar-refractivity contribution in [3.8, 4) is 5.75 Å². The van der Waals surface area contributed by atoms with E-state index in [9.17, 15) is 47.4 Å². The summed E-state index contributed by atoms with van der Waals surface area (Å²) in [6, 6.07) is 10.9. The van der Waals surface area contributed by atoms with Gasteiger partial charge in [-0.3, -0.25) is 34.7 Å². The Bertz CT molecular complexity index is 3010. The number of anilines is 1. The highest BCUT2D eigenvalue weighted by molar-refractivity contribution is 7.89. The number of aliphatic hydroxyl groups is 1. The Morgan fingerprint density at radius 2 is 1.74 bits per heavy atom. The second-order valence-corrected chi connectivity index (χ2v) is 24.6. The quantitative estimate of drug-likeness (QED) is 0.0371. The molecule has 9 atom stereocenters. The number of fused-ring (bicyclic) bond motifs is 6. The molecule has 2 aromatic carbocycles. The minimum Gasteiger partial charge on any atom is -0.495 e. The number of aromatic nitrogens is 1. The number of carbonyl (C=O) groups excluding carboxylic acids is 5. The van der Waals surface area contributed by atoms with Crippen molar-refractivity contribution in [1.82, 2.24) is 35.3 Å². The van der Waals surface area contributed by atoms with Gasteiger partial charge in [-0.1, -0.05) is 67.4 Å². The summed E-state index contributed by atoms with van der Waals surface area (Å²) in [5, 5.41) is 32.3. The molecule has 84 heavy (non-hydrogen) atoms. The zero-order valence-corrected chi connectivity index (χ0v) is 51.2. The summed E-state index contributed by atoms with van der Waals surface area (Å²) in [5.74, 6) is -4.42. The summed E-state index contributed by atoms with van der Waals surface area (Å²) in [7, 11) is 5.24. The average Bonchev–Trinajstić information content (AvgIpc) is 1.69. The lowest BCUT2D eigenvalue weighted by Crippen LogP contribution is -2.63. The molecule has 464 valence electrons. The van der Waals surface area contributed by atoms with E-state index in [-0.39, 0.29) is 76.0 Å². The molecule has 26 heteroatoms.